The van der Waals surface area contributed by atoms with E-state index in [2.05, 4.69) is 26.8 Å². The molecular formula is C15H26O. The van der Waals surface area contributed by atoms with Crippen LogP contribution in [0.25, 0.3) is 0 Å². The summed E-state index contributed by atoms with van der Waals surface area (Å²) < 4.78 is 0. The van der Waals surface area contributed by atoms with Crippen LogP contribution >= 0.6 is 0 Å². The summed E-state index contributed by atoms with van der Waals surface area (Å²) in [6, 6.07) is 0. The largest absolute Gasteiger partial charge is 0.396 e. The van der Waals surface area contributed by atoms with Crippen molar-refractivity contribution >= 4 is 0 Å². The Morgan fingerprint density at radius 1 is 1.56 bits per heavy atom. The molecule has 2 unspecified atom stereocenters. The van der Waals surface area contributed by atoms with Crippen LogP contribution in [0.15, 0.2) is 11.6 Å². The number of fused-ring (bicyclic) bond motifs is 1. The summed E-state index contributed by atoms with van der Waals surface area (Å²) in [6.45, 7) is 7.51. The standard InChI is InChI=1S/C15H26O/c1-11-5-4-9-15(3)13(11)6-7-14(15)12(2)8-10-16/h7,11-13,16H,4-6,8-10H2,1-3H3/t11?,12-,13?,15+/m1/s1. The van der Waals surface area contributed by atoms with Gasteiger partial charge in [0.2, 0.25) is 0 Å². The topological polar surface area (TPSA) is 20.2 Å². The van der Waals surface area contributed by atoms with Crippen molar-refractivity contribution < 1.29 is 5.11 Å². The normalized spacial score (nSPS) is 40.4. The minimum absolute atomic E-state index is 0.328. The van der Waals surface area contributed by atoms with Gasteiger partial charge < -0.3 is 5.11 Å². The second-order valence-electron chi connectivity index (χ2n) is 6.20. The first-order valence-electron chi connectivity index (χ1n) is 6.91. The molecule has 1 heteroatoms. The first-order valence-corrected chi connectivity index (χ1v) is 6.91. The van der Waals surface area contributed by atoms with Gasteiger partial charge in [-0.1, -0.05) is 45.3 Å². The highest BCUT2D eigenvalue weighted by Crippen LogP contribution is 2.56. The SMILES string of the molecule is CC1CCC[C@]2(C)C([C@H](C)CCO)=CCC12. The minimum Gasteiger partial charge on any atom is -0.396 e. The molecule has 0 aromatic carbocycles. The Morgan fingerprint density at radius 2 is 2.31 bits per heavy atom. The fraction of sp³-hybridized carbons (Fsp3) is 0.867. The average Bonchev–Trinajstić information content (AvgIpc) is 2.57. The molecule has 4 atom stereocenters. The third kappa shape index (κ3) is 1.84. The highest BCUT2D eigenvalue weighted by molar-refractivity contribution is 5.25. The van der Waals surface area contributed by atoms with Crippen LogP contribution < -0.4 is 0 Å². The molecule has 0 aliphatic heterocycles. The maximum absolute atomic E-state index is 9.10. The molecule has 0 aromatic heterocycles. The quantitative estimate of drug-likeness (QED) is 0.721. The van der Waals surface area contributed by atoms with E-state index < -0.39 is 0 Å². The zero-order chi connectivity index (χ0) is 11.8. The molecule has 0 radical (unpaired) electrons. The Hall–Kier alpha value is -0.300. The van der Waals surface area contributed by atoms with Gasteiger partial charge in [0.15, 0.2) is 0 Å². The van der Waals surface area contributed by atoms with Crippen LogP contribution in [0.3, 0.4) is 0 Å². The van der Waals surface area contributed by atoms with E-state index >= 15 is 0 Å². The van der Waals surface area contributed by atoms with Gasteiger partial charge in [-0.25, -0.2) is 0 Å². The van der Waals surface area contributed by atoms with Crippen molar-refractivity contribution in [2.45, 2.75) is 52.9 Å². The predicted octanol–water partition coefficient (Wildman–Crippen LogP) is 3.78. The fourth-order valence-electron chi connectivity index (χ4n) is 4.26. The first-order chi connectivity index (χ1) is 7.59. The molecule has 2 aliphatic carbocycles. The predicted molar refractivity (Wildman–Crippen MR) is 68.2 cm³/mol. The molecule has 2 aliphatic rings. The van der Waals surface area contributed by atoms with Crippen molar-refractivity contribution in [2.24, 2.45) is 23.2 Å². The Labute approximate surface area is 99.9 Å². The highest BCUT2D eigenvalue weighted by Gasteiger charge is 2.46. The number of allylic oxidation sites excluding steroid dienone is 2. The van der Waals surface area contributed by atoms with Crippen molar-refractivity contribution in [3.63, 3.8) is 0 Å². The van der Waals surface area contributed by atoms with Crippen molar-refractivity contribution in [3.8, 4) is 0 Å². The number of hydrogen-bond donors (Lipinski definition) is 1. The van der Waals surface area contributed by atoms with Crippen LogP contribution in [0.4, 0.5) is 0 Å². The lowest BCUT2D eigenvalue weighted by Gasteiger charge is -2.44. The number of rotatable bonds is 3. The van der Waals surface area contributed by atoms with Gasteiger partial charge in [0.05, 0.1) is 0 Å². The van der Waals surface area contributed by atoms with Gasteiger partial charge in [-0.3, -0.25) is 0 Å². The molecular weight excluding hydrogens is 196 g/mol. The van der Waals surface area contributed by atoms with Crippen LogP contribution in [0.2, 0.25) is 0 Å². The highest BCUT2D eigenvalue weighted by atomic mass is 16.3. The van der Waals surface area contributed by atoms with Gasteiger partial charge >= 0.3 is 0 Å². The molecule has 92 valence electrons. The smallest absolute Gasteiger partial charge is 0.0436 e. The summed E-state index contributed by atoms with van der Waals surface area (Å²) in [5, 5.41) is 9.10. The van der Waals surface area contributed by atoms with Gasteiger partial charge in [0, 0.05) is 6.61 Å². The second-order valence-corrected chi connectivity index (χ2v) is 6.20. The Balaban J connectivity index is 2.16. The summed E-state index contributed by atoms with van der Waals surface area (Å²) in [5.41, 5.74) is 2.10. The van der Waals surface area contributed by atoms with Crippen LogP contribution in [0, 0.1) is 23.2 Å². The number of hydrogen-bond acceptors (Lipinski definition) is 1. The average molecular weight is 222 g/mol. The zero-order valence-corrected chi connectivity index (χ0v) is 11.0. The fourth-order valence-corrected chi connectivity index (χ4v) is 4.26. The van der Waals surface area contributed by atoms with E-state index in [9.17, 15) is 0 Å². The maximum Gasteiger partial charge on any atom is 0.0436 e. The number of aliphatic hydroxyl groups excluding tert-OH is 1. The lowest BCUT2D eigenvalue weighted by Crippen LogP contribution is -2.35. The summed E-state index contributed by atoms with van der Waals surface area (Å²) in [5.74, 6) is 2.33. The Bertz CT molecular complexity index is 281. The second kappa shape index (κ2) is 4.52. The third-order valence-corrected chi connectivity index (χ3v) is 5.21. The molecule has 1 nitrogen and oxygen atoms in total. The lowest BCUT2D eigenvalue weighted by atomic mass is 9.60. The van der Waals surface area contributed by atoms with Crippen molar-refractivity contribution in [2.75, 3.05) is 6.61 Å². The molecule has 0 heterocycles. The van der Waals surface area contributed by atoms with Crippen LogP contribution in [0.1, 0.15) is 52.9 Å². The van der Waals surface area contributed by atoms with E-state index in [1.165, 1.54) is 25.7 Å². The molecule has 16 heavy (non-hydrogen) atoms. The molecule has 0 saturated heterocycles. The van der Waals surface area contributed by atoms with E-state index in [4.69, 9.17) is 5.11 Å². The molecule has 1 fully saturated rings. The molecule has 0 bridgehead atoms. The van der Waals surface area contributed by atoms with E-state index in [0.717, 1.165) is 18.3 Å². The van der Waals surface area contributed by atoms with Crippen LogP contribution in [0.5, 0.6) is 0 Å². The Morgan fingerprint density at radius 3 is 3.00 bits per heavy atom. The van der Waals surface area contributed by atoms with E-state index in [0.29, 0.717) is 17.9 Å². The third-order valence-electron chi connectivity index (χ3n) is 5.21. The summed E-state index contributed by atoms with van der Waals surface area (Å²) in [6.07, 6.45) is 8.87. The van der Waals surface area contributed by atoms with Crippen molar-refractivity contribution in [1.82, 2.24) is 0 Å². The molecule has 1 N–H and O–H groups in total. The molecule has 1 saturated carbocycles. The molecule has 0 amide bonds. The van der Waals surface area contributed by atoms with Gasteiger partial charge in [-0.2, -0.15) is 0 Å². The summed E-state index contributed by atoms with van der Waals surface area (Å²) >= 11 is 0. The first kappa shape index (κ1) is 12.2. The van der Waals surface area contributed by atoms with Crippen molar-refractivity contribution in [3.05, 3.63) is 11.6 Å². The Kier molecular flexibility index (Phi) is 3.44. The van der Waals surface area contributed by atoms with Crippen LogP contribution in [-0.4, -0.2) is 11.7 Å². The van der Waals surface area contributed by atoms with Gasteiger partial charge in [0.1, 0.15) is 0 Å². The van der Waals surface area contributed by atoms with Crippen molar-refractivity contribution in [1.29, 1.82) is 0 Å². The summed E-state index contributed by atoms with van der Waals surface area (Å²) in [4.78, 5) is 0. The van der Waals surface area contributed by atoms with E-state index in [-0.39, 0.29) is 0 Å². The maximum atomic E-state index is 9.10. The lowest BCUT2D eigenvalue weighted by molar-refractivity contribution is 0.108. The molecule has 0 spiro atoms. The monoisotopic (exact) mass is 222 g/mol. The van der Waals surface area contributed by atoms with E-state index in [1.807, 2.05) is 0 Å². The summed E-state index contributed by atoms with van der Waals surface area (Å²) in [7, 11) is 0. The van der Waals surface area contributed by atoms with Gasteiger partial charge in [-0.05, 0) is 42.4 Å². The van der Waals surface area contributed by atoms with Gasteiger partial charge in [0.25, 0.3) is 0 Å². The minimum atomic E-state index is 0.328. The van der Waals surface area contributed by atoms with Crippen LogP contribution in [-0.2, 0) is 0 Å². The number of aliphatic hydroxyl groups is 1. The molecule has 0 aromatic rings. The molecule has 2 rings (SSSR count). The zero-order valence-electron chi connectivity index (χ0n) is 11.0. The van der Waals surface area contributed by atoms with Gasteiger partial charge in [-0.15, -0.1) is 0 Å². The van der Waals surface area contributed by atoms with E-state index in [1.54, 1.807) is 5.57 Å².